The predicted octanol–water partition coefficient (Wildman–Crippen LogP) is 6.90. The molecule has 0 bridgehead atoms. The Morgan fingerprint density at radius 1 is 0.469 bits per heavy atom. The fourth-order valence-corrected chi connectivity index (χ4v) is 4.93. The van der Waals surface area contributed by atoms with Gasteiger partial charge in [0, 0.05) is 0 Å². The first-order valence-corrected chi connectivity index (χ1v) is 16.9. The van der Waals surface area contributed by atoms with Crippen molar-refractivity contribution in [1.29, 1.82) is 0 Å². The van der Waals surface area contributed by atoms with Gasteiger partial charge in [-0.05, 0) is 16.7 Å². The molecule has 0 amide bonds. The fourth-order valence-electron chi connectivity index (χ4n) is 4.93. The van der Waals surface area contributed by atoms with E-state index >= 15 is 0 Å². The maximum atomic E-state index is 13.3. The van der Waals surface area contributed by atoms with Gasteiger partial charge in [-0.1, -0.05) is 146 Å². The summed E-state index contributed by atoms with van der Waals surface area (Å²) in [6, 6.07) is 28.9. The first kappa shape index (κ1) is 38.9. The third-order valence-electron chi connectivity index (χ3n) is 7.80. The topological polar surface area (TPSA) is 114 Å². The van der Waals surface area contributed by atoms with Gasteiger partial charge in [-0.3, -0.25) is 19.2 Å². The van der Waals surface area contributed by atoms with Crippen molar-refractivity contribution < 1.29 is 42.9 Å². The molecule has 0 N–H and O–H groups in total. The van der Waals surface area contributed by atoms with Gasteiger partial charge in [-0.2, -0.15) is 0 Å². The maximum Gasteiger partial charge on any atom is 0.308 e. The lowest BCUT2D eigenvalue weighted by atomic mass is 9.80. The molecule has 3 aromatic rings. The van der Waals surface area contributed by atoms with Crippen molar-refractivity contribution in [2.45, 2.75) is 79.3 Å². The minimum atomic E-state index is -1.40. The monoisotopic (exact) mass is 674 g/mol. The van der Waals surface area contributed by atoms with Crippen LogP contribution >= 0.6 is 0 Å². The van der Waals surface area contributed by atoms with Crippen molar-refractivity contribution in [2.24, 2.45) is 23.7 Å². The third-order valence-corrected chi connectivity index (χ3v) is 7.80. The minimum absolute atomic E-state index is 0.305. The lowest BCUT2D eigenvalue weighted by molar-refractivity contribution is -0.203. The summed E-state index contributed by atoms with van der Waals surface area (Å²) >= 11 is 0. The molecule has 3 atom stereocenters. The van der Waals surface area contributed by atoms with Gasteiger partial charge in [0.2, 0.25) is 0 Å². The van der Waals surface area contributed by atoms with Crippen LogP contribution in [0.3, 0.4) is 0 Å². The van der Waals surface area contributed by atoms with Crippen LogP contribution in [0.5, 0.6) is 0 Å². The fraction of sp³-hybridized carbons (Fsp3) is 0.450. The highest BCUT2D eigenvalue weighted by Crippen LogP contribution is 2.41. The highest BCUT2D eigenvalue weighted by molar-refractivity contribution is 5.74. The molecule has 0 unspecified atom stereocenters. The van der Waals surface area contributed by atoms with E-state index in [1.54, 1.807) is 55.4 Å². The quantitative estimate of drug-likeness (QED) is 0.0857. The number of esters is 4. The van der Waals surface area contributed by atoms with Gasteiger partial charge in [0.05, 0.1) is 30.3 Å². The summed E-state index contributed by atoms with van der Waals surface area (Å²) in [5.41, 5.74) is 1.18. The molecule has 0 spiro atoms. The van der Waals surface area contributed by atoms with Gasteiger partial charge < -0.3 is 23.7 Å². The van der Waals surface area contributed by atoms with Gasteiger partial charge in [0.15, 0.2) is 18.3 Å². The van der Waals surface area contributed by atoms with Crippen LogP contribution in [0.2, 0.25) is 0 Å². The Labute approximate surface area is 290 Å². The molecule has 9 nitrogen and oxygen atoms in total. The minimum Gasteiger partial charge on any atom is -0.461 e. The van der Waals surface area contributed by atoms with E-state index in [0.29, 0.717) is 0 Å². The smallest absolute Gasteiger partial charge is 0.308 e. The molecule has 49 heavy (non-hydrogen) atoms. The van der Waals surface area contributed by atoms with Crippen LogP contribution < -0.4 is 0 Å². The number of ether oxygens (including phenoxy) is 5. The first-order chi connectivity index (χ1) is 23.3. The van der Waals surface area contributed by atoms with Gasteiger partial charge in [0.1, 0.15) is 12.2 Å². The van der Waals surface area contributed by atoms with Crippen LogP contribution in [-0.4, -0.2) is 55.4 Å². The van der Waals surface area contributed by atoms with Gasteiger partial charge in [-0.25, -0.2) is 0 Å². The molecule has 0 aliphatic rings. The molecule has 0 saturated carbocycles. The Bertz CT molecular complexity index is 1390. The Hall–Kier alpha value is -4.50. The summed E-state index contributed by atoms with van der Waals surface area (Å²) in [7, 11) is 0. The number of benzene rings is 3. The van der Waals surface area contributed by atoms with E-state index in [9.17, 15) is 19.2 Å². The van der Waals surface area contributed by atoms with Crippen molar-refractivity contribution in [2.75, 3.05) is 13.2 Å². The molecule has 0 fully saturated rings. The largest absolute Gasteiger partial charge is 0.461 e. The molecular weight excluding hydrogens is 624 g/mol. The van der Waals surface area contributed by atoms with E-state index in [2.05, 4.69) is 0 Å². The van der Waals surface area contributed by atoms with Crippen LogP contribution in [0.15, 0.2) is 91.0 Å². The number of hydrogen-bond acceptors (Lipinski definition) is 9. The average Bonchev–Trinajstić information content (AvgIpc) is 3.09. The zero-order valence-corrected chi connectivity index (χ0v) is 29.8. The lowest BCUT2D eigenvalue weighted by Gasteiger charge is -2.39. The van der Waals surface area contributed by atoms with E-state index in [-0.39, 0.29) is 6.61 Å². The summed E-state index contributed by atoms with van der Waals surface area (Å²) in [4.78, 5) is 52.2. The molecule has 0 aliphatic heterocycles. The van der Waals surface area contributed by atoms with Crippen LogP contribution in [0.1, 0.15) is 72.1 Å². The number of carbonyl (C=O) groups is 4. The SMILES string of the molecule is CC(C)C(=O)OC[C@H](OC(=O)C(C)C)[C@H](OC(=O)C(C)C)[C@@H](COC(c1ccccc1)(c1ccccc1)c1ccccc1)OC(=O)C(C)C. The maximum absolute atomic E-state index is 13.3. The van der Waals surface area contributed by atoms with E-state index < -0.39 is 78.1 Å². The normalized spacial score (nSPS) is 13.6. The van der Waals surface area contributed by atoms with Crippen molar-refractivity contribution in [3.8, 4) is 0 Å². The molecular formula is C40H50O9. The van der Waals surface area contributed by atoms with Crippen molar-refractivity contribution in [3.63, 3.8) is 0 Å². The molecule has 3 aromatic carbocycles. The molecule has 3 rings (SSSR count). The molecule has 0 saturated heterocycles. The Kier molecular flexibility index (Phi) is 14.6. The third kappa shape index (κ3) is 10.5. The van der Waals surface area contributed by atoms with Crippen LogP contribution in [0.4, 0.5) is 0 Å². The molecule has 0 aromatic heterocycles. The van der Waals surface area contributed by atoms with E-state index in [4.69, 9.17) is 23.7 Å². The van der Waals surface area contributed by atoms with Crippen LogP contribution in [0.25, 0.3) is 0 Å². The van der Waals surface area contributed by atoms with Gasteiger partial charge >= 0.3 is 23.9 Å². The predicted molar refractivity (Wildman–Crippen MR) is 185 cm³/mol. The summed E-state index contributed by atoms with van der Waals surface area (Å²) in [6.45, 7) is 12.6. The molecule has 0 radical (unpaired) electrons. The summed E-state index contributed by atoms with van der Waals surface area (Å²) < 4.78 is 30.5. The zero-order chi connectivity index (χ0) is 36.1. The standard InChI is InChI=1S/C40H50O9/c1-26(2)36(41)45-24-33(47-37(42)27(3)4)35(49-39(44)29(7)8)34(48-38(43)28(5)6)25-46-40(30-18-12-9-13-19-30,31-20-14-10-15-21-31)32-22-16-11-17-23-32/h9-23,26-29,33-35H,24-25H2,1-8H3/t33-,34+,35-/m0/s1. The van der Waals surface area contributed by atoms with Crippen molar-refractivity contribution in [1.82, 2.24) is 0 Å². The van der Waals surface area contributed by atoms with Gasteiger partial charge in [0.25, 0.3) is 0 Å². The molecule has 0 heterocycles. The molecule has 9 heteroatoms. The van der Waals surface area contributed by atoms with Crippen molar-refractivity contribution >= 4 is 23.9 Å². The van der Waals surface area contributed by atoms with E-state index in [1.165, 1.54) is 0 Å². The number of hydrogen-bond donors (Lipinski definition) is 0. The lowest BCUT2D eigenvalue weighted by Crippen LogP contribution is -2.51. The van der Waals surface area contributed by atoms with E-state index in [1.807, 2.05) is 91.0 Å². The summed E-state index contributed by atoms with van der Waals surface area (Å²) in [5.74, 6) is -4.53. The Balaban J connectivity index is 2.23. The second kappa shape index (κ2) is 18.3. The Morgan fingerprint density at radius 3 is 1.14 bits per heavy atom. The summed E-state index contributed by atoms with van der Waals surface area (Å²) in [5, 5.41) is 0. The van der Waals surface area contributed by atoms with Crippen LogP contribution in [-0.2, 0) is 48.5 Å². The Morgan fingerprint density at radius 2 is 0.796 bits per heavy atom. The second-order valence-corrected chi connectivity index (χ2v) is 13.2. The molecule has 0 aliphatic carbocycles. The van der Waals surface area contributed by atoms with Crippen molar-refractivity contribution in [3.05, 3.63) is 108 Å². The zero-order valence-electron chi connectivity index (χ0n) is 29.8. The summed E-state index contributed by atoms with van der Waals surface area (Å²) in [6.07, 6.45) is -4.02. The first-order valence-electron chi connectivity index (χ1n) is 16.9. The van der Waals surface area contributed by atoms with Crippen LogP contribution in [0, 0.1) is 23.7 Å². The highest BCUT2D eigenvalue weighted by atomic mass is 16.6. The number of carbonyl (C=O) groups excluding carboxylic acids is 4. The van der Waals surface area contributed by atoms with Gasteiger partial charge in [-0.15, -0.1) is 0 Å². The second-order valence-electron chi connectivity index (χ2n) is 13.2. The van der Waals surface area contributed by atoms with E-state index in [0.717, 1.165) is 16.7 Å². The average molecular weight is 675 g/mol. The molecule has 264 valence electrons. The number of rotatable bonds is 17. The highest BCUT2D eigenvalue weighted by Gasteiger charge is 2.44.